The molecule has 0 N–H and O–H groups in total. The number of likely N-dealkylation sites (tertiary alicyclic amines) is 1. The Bertz CT molecular complexity index is 1260. The number of fused-ring (bicyclic) bond motifs is 1. The first-order valence-corrected chi connectivity index (χ1v) is 11.4. The van der Waals surface area contributed by atoms with Crippen LogP contribution in [0.4, 0.5) is 0 Å². The van der Waals surface area contributed by atoms with Crippen LogP contribution in [0.15, 0.2) is 35.4 Å². The van der Waals surface area contributed by atoms with Crippen LogP contribution in [0.1, 0.15) is 49.6 Å². The number of rotatable bonds is 6. The largest absolute Gasteiger partial charge is 0.466 e. The number of carbonyl (C=O) groups excluding carboxylic acids is 2. The van der Waals surface area contributed by atoms with Crippen molar-refractivity contribution in [1.29, 1.82) is 5.26 Å². The Labute approximate surface area is 193 Å². The zero-order valence-electron chi connectivity index (χ0n) is 19.1. The van der Waals surface area contributed by atoms with Crippen LogP contribution >= 0.6 is 0 Å². The van der Waals surface area contributed by atoms with E-state index in [1.165, 1.54) is 0 Å². The van der Waals surface area contributed by atoms with Crippen molar-refractivity contribution in [3.63, 3.8) is 0 Å². The molecule has 0 radical (unpaired) electrons. The highest BCUT2D eigenvalue weighted by atomic mass is 16.5. The quantitative estimate of drug-likeness (QED) is 0.500. The van der Waals surface area contributed by atoms with Crippen molar-refractivity contribution in [3.8, 4) is 6.07 Å². The second kappa shape index (κ2) is 9.86. The van der Waals surface area contributed by atoms with E-state index in [4.69, 9.17) is 15.0 Å². The Kier molecular flexibility index (Phi) is 6.74. The van der Waals surface area contributed by atoms with E-state index in [1.807, 2.05) is 42.3 Å². The van der Waals surface area contributed by atoms with Crippen LogP contribution in [0, 0.1) is 11.3 Å². The first-order chi connectivity index (χ1) is 16.0. The van der Waals surface area contributed by atoms with Crippen LogP contribution in [0.5, 0.6) is 0 Å². The molecule has 1 amide bonds. The van der Waals surface area contributed by atoms with Gasteiger partial charge in [0.15, 0.2) is 0 Å². The number of hydrogen-bond donors (Lipinski definition) is 0. The second-order valence-electron chi connectivity index (χ2n) is 8.38. The van der Waals surface area contributed by atoms with E-state index in [2.05, 4.69) is 16.7 Å². The van der Waals surface area contributed by atoms with Gasteiger partial charge in [0.1, 0.15) is 5.82 Å². The number of esters is 1. The van der Waals surface area contributed by atoms with Gasteiger partial charge in [-0.15, -0.1) is 0 Å². The van der Waals surface area contributed by atoms with Crippen LogP contribution in [0.2, 0.25) is 0 Å². The number of carbonyl (C=O) groups is 2. The van der Waals surface area contributed by atoms with Gasteiger partial charge in [0.05, 0.1) is 35.4 Å². The molecular weight excluding hydrogens is 416 g/mol. The average Bonchev–Trinajstić information content (AvgIpc) is 3.46. The van der Waals surface area contributed by atoms with Gasteiger partial charge in [-0.1, -0.05) is 18.2 Å². The monoisotopic (exact) mass is 444 g/mol. The van der Waals surface area contributed by atoms with Gasteiger partial charge in [0.2, 0.25) is 0 Å². The number of amides is 1. The van der Waals surface area contributed by atoms with Gasteiger partial charge in [-0.25, -0.2) is 4.98 Å². The number of allylic oxidation sites excluding steroid dienone is 1. The molecule has 0 saturated carbocycles. The number of ether oxygens (including phenoxy) is 1. The molecule has 2 aliphatic rings. The minimum Gasteiger partial charge on any atom is -0.466 e. The van der Waals surface area contributed by atoms with Crippen LogP contribution < -0.4 is 10.7 Å². The molecule has 1 aromatic carbocycles. The molecule has 1 aliphatic carbocycles. The minimum atomic E-state index is -0.380. The van der Waals surface area contributed by atoms with E-state index in [0.717, 1.165) is 53.6 Å². The summed E-state index contributed by atoms with van der Waals surface area (Å²) in [6.45, 7) is 3.51. The summed E-state index contributed by atoms with van der Waals surface area (Å²) in [4.78, 5) is 32.2. The zero-order valence-corrected chi connectivity index (χ0v) is 19.1. The fourth-order valence-corrected chi connectivity index (χ4v) is 4.40. The number of nitriles is 1. The van der Waals surface area contributed by atoms with Crippen LogP contribution in [-0.2, 0) is 27.8 Å². The van der Waals surface area contributed by atoms with Crippen LogP contribution in [0.25, 0.3) is 12.2 Å². The fraction of sp³-hybridized carbons (Fsp3) is 0.385. The Balaban J connectivity index is 1.69. The van der Waals surface area contributed by atoms with E-state index >= 15 is 0 Å². The Hall–Kier alpha value is -3.66. The molecule has 2 aromatic rings. The van der Waals surface area contributed by atoms with Crippen molar-refractivity contribution >= 4 is 24.0 Å². The highest BCUT2D eigenvalue weighted by molar-refractivity contribution is 6.00. The highest BCUT2D eigenvalue weighted by Crippen LogP contribution is 2.22. The van der Waals surface area contributed by atoms with E-state index in [9.17, 15) is 9.59 Å². The third-order valence-corrected chi connectivity index (χ3v) is 6.20. The lowest BCUT2D eigenvalue weighted by molar-refractivity contribution is -0.143. The number of hydrogen-bond acceptors (Lipinski definition) is 5. The number of aromatic nitrogens is 2. The lowest BCUT2D eigenvalue weighted by Gasteiger charge is -2.19. The molecule has 2 heterocycles. The van der Waals surface area contributed by atoms with Crippen molar-refractivity contribution in [2.24, 2.45) is 7.05 Å². The smallest absolute Gasteiger partial charge is 0.310 e. The van der Waals surface area contributed by atoms with Crippen molar-refractivity contribution in [2.45, 2.75) is 39.0 Å². The van der Waals surface area contributed by atoms with E-state index < -0.39 is 0 Å². The molecule has 1 aliphatic heterocycles. The first kappa shape index (κ1) is 22.5. The molecular formula is C26H28N4O3. The lowest BCUT2D eigenvalue weighted by Crippen LogP contribution is -2.34. The molecule has 0 spiro atoms. The molecule has 0 bridgehead atoms. The maximum atomic E-state index is 13.2. The Morgan fingerprint density at radius 3 is 2.58 bits per heavy atom. The molecule has 7 heteroatoms. The van der Waals surface area contributed by atoms with Crippen molar-refractivity contribution in [2.75, 3.05) is 19.7 Å². The summed E-state index contributed by atoms with van der Waals surface area (Å²) in [6, 6.07) is 9.64. The number of nitrogens with zero attached hydrogens (tertiary/aromatic N) is 4. The fourth-order valence-electron chi connectivity index (χ4n) is 4.40. The second-order valence-corrected chi connectivity index (χ2v) is 8.38. The van der Waals surface area contributed by atoms with Crippen molar-refractivity contribution in [1.82, 2.24) is 14.5 Å². The number of imidazole rings is 1. The molecule has 33 heavy (non-hydrogen) atoms. The van der Waals surface area contributed by atoms with Gasteiger partial charge in [-0.2, -0.15) is 5.26 Å². The molecule has 0 atom stereocenters. The first-order valence-electron chi connectivity index (χ1n) is 11.4. The van der Waals surface area contributed by atoms with Crippen LogP contribution in [0.3, 0.4) is 0 Å². The lowest BCUT2D eigenvalue weighted by atomic mass is 9.98. The summed E-state index contributed by atoms with van der Waals surface area (Å²) in [5.41, 5.74) is 3.04. The van der Waals surface area contributed by atoms with Crippen LogP contribution in [-0.4, -0.2) is 46.0 Å². The third-order valence-electron chi connectivity index (χ3n) is 6.20. The van der Waals surface area contributed by atoms with E-state index in [-0.39, 0.29) is 24.9 Å². The molecule has 0 unspecified atom stereocenters. The summed E-state index contributed by atoms with van der Waals surface area (Å²) >= 11 is 0. The average molecular weight is 445 g/mol. The Morgan fingerprint density at radius 2 is 1.91 bits per heavy atom. The normalized spacial score (nSPS) is 16.3. The predicted molar refractivity (Wildman–Crippen MR) is 124 cm³/mol. The maximum absolute atomic E-state index is 13.2. The summed E-state index contributed by atoms with van der Waals surface area (Å²) < 4.78 is 7.21. The minimum absolute atomic E-state index is 0.0247. The molecule has 1 fully saturated rings. The van der Waals surface area contributed by atoms with Crippen molar-refractivity contribution in [3.05, 3.63) is 63.1 Å². The standard InChI is InChI=1S/C26H28N4O3/c1-3-33-25(31)16-21(26(32)30-12-4-5-13-30)20-10-11-23-22(15-20)28-24(29(23)2)14-18-6-8-19(17-27)9-7-18/h6-9,11,15H,3-5,10,12-14,16H2,1-2H3. The molecule has 170 valence electrons. The van der Waals surface area contributed by atoms with Gasteiger partial charge < -0.3 is 14.2 Å². The van der Waals surface area contributed by atoms with E-state index in [1.54, 1.807) is 6.92 Å². The van der Waals surface area contributed by atoms with Gasteiger partial charge in [-0.3, -0.25) is 9.59 Å². The number of benzene rings is 1. The molecule has 4 rings (SSSR count). The van der Waals surface area contributed by atoms with E-state index in [0.29, 0.717) is 24.0 Å². The summed E-state index contributed by atoms with van der Waals surface area (Å²) in [5.74, 6) is 0.447. The van der Waals surface area contributed by atoms with Gasteiger partial charge in [0.25, 0.3) is 5.91 Å². The van der Waals surface area contributed by atoms with Gasteiger partial charge >= 0.3 is 5.97 Å². The summed E-state index contributed by atoms with van der Waals surface area (Å²) in [5, 5.41) is 10.8. The molecule has 1 saturated heterocycles. The zero-order chi connectivity index (χ0) is 23.4. The molecule has 7 nitrogen and oxygen atoms in total. The van der Waals surface area contributed by atoms with Crippen molar-refractivity contribution < 1.29 is 14.3 Å². The van der Waals surface area contributed by atoms with Gasteiger partial charge in [-0.05, 0) is 55.5 Å². The topological polar surface area (TPSA) is 88.2 Å². The third kappa shape index (κ3) is 4.90. The summed E-state index contributed by atoms with van der Waals surface area (Å²) in [6.07, 6.45) is 7.18. The predicted octanol–water partition coefficient (Wildman–Crippen LogP) is 1.72. The van der Waals surface area contributed by atoms with Gasteiger partial charge in [0, 0.05) is 32.1 Å². The molecule has 1 aromatic heterocycles. The highest BCUT2D eigenvalue weighted by Gasteiger charge is 2.26. The SMILES string of the molecule is CCOC(=O)CC(C(=O)N1CCCC1)=C1C=c2nc(Cc3ccc(C#N)cc3)n(C)c2=CC1. The Morgan fingerprint density at radius 1 is 1.18 bits per heavy atom. The summed E-state index contributed by atoms with van der Waals surface area (Å²) in [7, 11) is 1.98. The maximum Gasteiger partial charge on any atom is 0.310 e.